The minimum absolute atomic E-state index is 0.00394. The van der Waals surface area contributed by atoms with Crippen LogP contribution in [-0.4, -0.2) is 22.2 Å². The molecule has 0 bridgehead atoms. The van der Waals surface area contributed by atoms with Gasteiger partial charge in [-0.2, -0.15) is 5.26 Å². The number of anilines is 1. The van der Waals surface area contributed by atoms with Gasteiger partial charge >= 0.3 is 0 Å². The second-order valence-corrected chi connectivity index (χ2v) is 4.27. The lowest BCUT2D eigenvalue weighted by molar-refractivity contribution is -0.385. The maximum atomic E-state index is 10.6. The van der Waals surface area contributed by atoms with Gasteiger partial charge in [0.2, 0.25) is 0 Å². The highest BCUT2D eigenvalue weighted by atomic mass is 16.6. The molecule has 0 aliphatic heterocycles. The molecule has 0 unspecified atom stereocenters. The maximum Gasteiger partial charge on any atom is 0.287 e. The normalized spacial score (nSPS) is 10.7. The first kappa shape index (κ1) is 12.9. The number of nitro benzene ring substituents is 1. The summed E-state index contributed by atoms with van der Waals surface area (Å²) in [6.07, 6.45) is 0. The second-order valence-electron chi connectivity index (χ2n) is 4.27. The molecule has 0 aliphatic rings. The first-order valence-electron chi connectivity index (χ1n) is 4.98. The highest BCUT2D eigenvalue weighted by Gasteiger charge is 2.15. The fourth-order valence-electron chi connectivity index (χ4n) is 1.21. The number of hydrogen-bond acceptors (Lipinski definition) is 5. The highest BCUT2D eigenvalue weighted by Crippen LogP contribution is 2.22. The molecule has 2 N–H and O–H groups in total. The van der Waals surface area contributed by atoms with Crippen molar-refractivity contribution >= 4 is 11.4 Å². The fourth-order valence-corrected chi connectivity index (χ4v) is 1.21. The van der Waals surface area contributed by atoms with Crippen LogP contribution in [0.15, 0.2) is 18.2 Å². The second kappa shape index (κ2) is 4.80. The van der Waals surface area contributed by atoms with Gasteiger partial charge in [-0.1, -0.05) is 0 Å². The maximum absolute atomic E-state index is 10.6. The summed E-state index contributed by atoms with van der Waals surface area (Å²) in [6, 6.07) is 5.94. The quantitative estimate of drug-likeness (QED) is 0.610. The molecule has 0 atom stereocenters. The van der Waals surface area contributed by atoms with Crippen molar-refractivity contribution in [2.45, 2.75) is 19.4 Å². The molecule has 1 rings (SSSR count). The Balaban J connectivity index is 2.92. The lowest BCUT2D eigenvalue weighted by Gasteiger charge is -2.18. The van der Waals surface area contributed by atoms with Gasteiger partial charge in [0.25, 0.3) is 5.69 Å². The van der Waals surface area contributed by atoms with Gasteiger partial charge in [0, 0.05) is 18.3 Å². The predicted octanol–water partition coefficient (Wildman–Crippen LogP) is 1.65. The Morgan fingerprint density at radius 2 is 2.24 bits per heavy atom. The summed E-state index contributed by atoms with van der Waals surface area (Å²) >= 11 is 0. The third kappa shape index (κ3) is 3.74. The number of nitro groups is 1. The zero-order valence-corrected chi connectivity index (χ0v) is 9.60. The van der Waals surface area contributed by atoms with E-state index >= 15 is 0 Å². The molecule has 0 saturated heterocycles. The summed E-state index contributed by atoms with van der Waals surface area (Å²) in [5.41, 5.74) is -0.555. The monoisotopic (exact) mass is 235 g/mol. The summed E-state index contributed by atoms with van der Waals surface area (Å²) in [4.78, 5) is 10.0. The molecule has 0 saturated carbocycles. The zero-order chi connectivity index (χ0) is 13.1. The Morgan fingerprint density at radius 3 is 2.71 bits per heavy atom. The van der Waals surface area contributed by atoms with E-state index in [1.165, 1.54) is 18.2 Å². The van der Waals surface area contributed by atoms with E-state index in [0.717, 1.165) is 0 Å². The molecule has 0 fully saturated rings. The number of benzene rings is 1. The van der Waals surface area contributed by atoms with Crippen LogP contribution in [-0.2, 0) is 0 Å². The summed E-state index contributed by atoms with van der Waals surface area (Å²) < 4.78 is 0. The van der Waals surface area contributed by atoms with Crippen LogP contribution in [0.2, 0.25) is 0 Å². The Labute approximate surface area is 98.6 Å². The molecule has 0 amide bonds. The van der Waals surface area contributed by atoms with E-state index in [4.69, 9.17) is 5.26 Å². The standard InChI is InChI=1S/C11H13N3O3/c1-11(2,15)7-13-9-3-4-10(14(16)17)8(5-9)6-12/h3-5,13,15H,7H2,1-2H3. The molecule has 0 spiro atoms. The molecule has 90 valence electrons. The van der Waals surface area contributed by atoms with Gasteiger partial charge in [0.15, 0.2) is 0 Å². The van der Waals surface area contributed by atoms with Crippen LogP contribution in [0.25, 0.3) is 0 Å². The third-order valence-corrected chi connectivity index (χ3v) is 2.04. The van der Waals surface area contributed by atoms with E-state index in [1.807, 2.05) is 0 Å². The zero-order valence-electron chi connectivity index (χ0n) is 9.60. The van der Waals surface area contributed by atoms with E-state index in [-0.39, 0.29) is 17.8 Å². The SMILES string of the molecule is CC(C)(O)CNc1ccc([N+](=O)[O-])c(C#N)c1. The Bertz CT molecular complexity index is 472. The van der Waals surface area contributed by atoms with E-state index in [9.17, 15) is 15.2 Å². The van der Waals surface area contributed by atoms with E-state index in [0.29, 0.717) is 5.69 Å². The van der Waals surface area contributed by atoms with E-state index < -0.39 is 10.5 Å². The lowest BCUT2D eigenvalue weighted by Crippen LogP contribution is -2.29. The van der Waals surface area contributed by atoms with Crippen molar-refractivity contribution < 1.29 is 10.0 Å². The van der Waals surface area contributed by atoms with Crippen molar-refractivity contribution in [2.75, 3.05) is 11.9 Å². The van der Waals surface area contributed by atoms with E-state index in [2.05, 4.69) is 5.32 Å². The minimum Gasteiger partial charge on any atom is -0.389 e. The fraction of sp³-hybridized carbons (Fsp3) is 0.364. The summed E-state index contributed by atoms with van der Waals surface area (Å²) in [7, 11) is 0. The molecule has 0 aliphatic carbocycles. The Hall–Kier alpha value is -2.13. The van der Waals surface area contributed by atoms with Crippen LogP contribution in [0.3, 0.4) is 0 Å². The van der Waals surface area contributed by atoms with Gasteiger partial charge in [-0.3, -0.25) is 10.1 Å². The lowest BCUT2D eigenvalue weighted by atomic mass is 10.1. The van der Waals surface area contributed by atoms with Crippen molar-refractivity contribution in [1.29, 1.82) is 5.26 Å². The predicted molar refractivity (Wildman–Crippen MR) is 62.6 cm³/mol. The molecule has 1 aromatic rings. The number of nitriles is 1. The van der Waals surface area contributed by atoms with Gasteiger partial charge in [-0.25, -0.2) is 0 Å². The van der Waals surface area contributed by atoms with E-state index in [1.54, 1.807) is 19.9 Å². The van der Waals surface area contributed by atoms with Gasteiger partial charge in [0.05, 0.1) is 10.5 Å². The molecule has 0 aromatic heterocycles. The smallest absolute Gasteiger partial charge is 0.287 e. The molecule has 6 heteroatoms. The van der Waals surface area contributed by atoms with Crippen molar-refractivity contribution in [1.82, 2.24) is 0 Å². The molecule has 1 aromatic carbocycles. The van der Waals surface area contributed by atoms with Crippen LogP contribution in [0.5, 0.6) is 0 Å². The highest BCUT2D eigenvalue weighted by molar-refractivity contribution is 5.58. The molecule has 6 nitrogen and oxygen atoms in total. The first-order chi connectivity index (χ1) is 7.83. The molecular weight excluding hydrogens is 222 g/mol. The summed E-state index contributed by atoms with van der Waals surface area (Å²) in [6.45, 7) is 3.56. The Kier molecular flexibility index (Phi) is 3.66. The van der Waals surface area contributed by atoms with Crippen LogP contribution in [0.4, 0.5) is 11.4 Å². The van der Waals surface area contributed by atoms with Gasteiger partial charge in [-0.15, -0.1) is 0 Å². The molecule has 0 heterocycles. The third-order valence-electron chi connectivity index (χ3n) is 2.04. The van der Waals surface area contributed by atoms with Gasteiger partial charge in [-0.05, 0) is 26.0 Å². The number of nitrogens with one attached hydrogen (secondary N) is 1. The largest absolute Gasteiger partial charge is 0.389 e. The van der Waals surface area contributed by atoms with Crippen molar-refractivity contribution in [3.63, 3.8) is 0 Å². The van der Waals surface area contributed by atoms with Crippen molar-refractivity contribution in [3.05, 3.63) is 33.9 Å². The van der Waals surface area contributed by atoms with Crippen LogP contribution < -0.4 is 5.32 Å². The van der Waals surface area contributed by atoms with Crippen molar-refractivity contribution in [3.8, 4) is 6.07 Å². The van der Waals surface area contributed by atoms with Crippen molar-refractivity contribution in [2.24, 2.45) is 0 Å². The Morgan fingerprint density at radius 1 is 1.59 bits per heavy atom. The average molecular weight is 235 g/mol. The first-order valence-corrected chi connectivity index (χ1v) is 4.98. The van der Waals surface area contributed by atoms with Gasteiger partial charge < -0.3 is 10.4 Å². The summed E-state index contributed by atoms with van der Waals surface area (Å²) in [5, 5.41) is 31.8. The number of nitrogens with zero attached hydrogens (tertiary/aromatic N) is 2. The number of hydrogen-bond donors (Lipinski definition) is 2. The van der Waals surface area contributed by atoms with Crippen LogP contribution in [0.1, 0.15) is 19.4 Å². The average Bonchev–Trinajstić information content (AvgIpc) is 2.24. The molecule has 0 radical (unpaired) electrons. The number of aliphatic hydroxyl groups is 1. The molecule has 17 heavy (non-hydrogen) atoms. The van der Waals surface area contributed by atoms with Crippen LogP contribution >= 0.6 is 0 Å². The minimum atomic E-state index is -0.894. The van der Waals surface area contributed by atoms with Crippen LogP contribution in [0, 0.1) is 21.4 Å². The molecular formula is C11H13N3O3. The summed E-state index contributed by atoms with van der Waals surface area (Å²) in [5.74, 6) is 0. The van der Waals surface area contributed by atoms with Gasteiger partial charge in [0.1, 0.15) is 11.6 Å². The topological polar surface area (TPSA) is 99.2 Å². The number of rotatable bonds is 4.